The molecule has 0 spiro atoms. The Balaban J connectivity index is 1.81. The Bertz CT molecular complexity index is 642. The molecule has 0 fully saturated rings. The molecule has 0 heterocycles. The van der Waals surface area contributed by atoms with Crippen LogP contribution in [-0.2, 0) is 6.42 Å². The quantitative estimate of drug-likeness (QED) is 0.868. The largest absolute Gasteiger partial charge is 0.338 e. The van der Waals surface area contributed by atoms with Crippen LogP contribution in [-0.4, -0.2) is 12.6 Å². The second-order valence-corrected chi connectivity index (χ2v) is 5.32. The maximum atomic E-state index is 13.5. The van der Waals surface area contributed by atoms with E-state index in [4.69, 9.17) is 0 Å². The van der Waals surface area contributed by atoms with E-state index in [9.17, 15) is 9.18 Å². The average molecular weight is 300 g/mol. The van der Waals surface area contributed by atoms with Crippen LogP contribution in [0.2, 0.25) is 0 Å². The molecule has 2 aromatic carbocycles. The van der Waals surface area contributed by atoms with Crippen LogP contribution < -0.4 is 10.6 Å². The first kappa shape index (κ1) is 16.0. The van der Waals surface area contributed by atoms with Crippen molar-refractivity contribution in [3.8, 4) is 0 Å². The zero-order valence-electron chi connectivity index (χ0n) is 12.9. The van der Waals surface area contributed by atoms with Crippen molar-refractivity contribution < 1.29 is 9.18 Å². The lowest BCUT2D eigenvalue weighted by Gasteiger charge is -2.17. The molecule has 4 heteroatoms. The fraction of sp³-hybridized carbons (Fsp3) is 0.278. The molecule has 0 aromatic heterocycles. The summed E-state index contributed by atoms with van der Waals surface area (Å²) in [6.45, 7) is 4.36. The maximum absolute atomic E-state index is 13.5. The van der Waals surface area contributed by atoms with Crippen LogP contribution in [0.4, 0.5) is 9.18 Å². The molecule has 0 bridgehead atoms. The number of urea groups is 1. The molecular weight excluding hydrogens is 279 g/mol. The first-order chi connectivity index (χ1) is 10.6. The minimum atomic E-state index is -0.243. The lowest BCUT2D eigenvalue weighted by molar-refractivity contribution is 0.238. The summed E-state index contributed by atoms with van der Waals surface area (Å²) in [7, 11) is 0. The van der Waals surface area contributed by atoms with Crippen LogP contribution in [0.3, 0.4) is 0 Å². The summed E-state index contributed by atoms with van der Waals surface area (Å²) in [6, 6.07) is 14.2. The second-order valence-electron chi connectivity index (χ2n) is 5.32. The Labute approximate surface area is 130 Å². The van der Waals surface area contributed by atoms with Crippen molar-refractivity contribution in [2.45, 2.75) is 26.3 Å². The number of hydrogen-bond acceptors (Lipinski definition) is 1. The highest BCUT2D eigenvalue weighted by Gasteiger charge is 2.10. The van der Waals surface area contributed by atoms with Gasteiger partial charge in [-0.2, -0.15) is 0 Å². The third-order valence-corrected chi connectivity index (χ3v) is 3.64. The van der Waals surface area contributed by atoms with Crippen molar-refractivity contribution in [3.63, 3.8) is 0 Å². The molecule has 2 rings (SSSR count). The fourth-order valence-corrected chi connectivity index (χ4v) is 2.41. The van der Waals surface area contributed by atoms with Gasteiger partial charge in [-0.25, -0.2) is 9.18 Å². The van der Waals surface area contributed by atoms with Crippen LogP contribution in [0.25, 0.3) is 0 Å². The summed E-state index contributed by atoms with van der Waals surface area (Å²) in [5.41, 5.74) is 2.84. The molecule has 0 radical (unpaired) electrons. The van der Waals surface area contributed by atoms with Crippen LogP contribution in [0.15, 0.2) is 48.5 Å². The number of hydrogen-bond donors (Lipinski definition) is 2. The van der Waals surface area contributed by atoms with Gasteiger partial charge in [0.25, 0.3) is 0 Å². The lowest BCUT2D eigenvalue weighted by atomic mass is 10.0. The number of carbonyl (C=O) groups is 1. The molecule has 0 saturated carbocycles. The Morgan fingerprint density at radius 3 is 2.55 bits per heavy atom. The van der Waals surface area contributed by atoms with Gasteiger partial charge in [0.05, 0.1) is 6.04 Å². The molecule has 2 aromatic rings. The normalized spacial score (nSPS) is 11.8. The molecule has 2 N–H and O–H groups in total. The van der Waals surface area contributed by atoms with Gasteiger partial charge in [0.1, 0.15) is 5.82 Å². The number of aryl methyl sites for hydroxylation is 1. The van der Waals surface area contributed by atoms with Crippen LogP contribution in [0, 0.1) is 12.7 Å². The van der Waals surface area contributed by atoms with Gasteiger partial charge < -0.3 is 10.6 Å². The molecule has 3 nitrogen and oxygen atoms in total. The topological polar surface area (TPSA) is 41.1 Å². The van der Waals surface area contributed by atoms with E-state index < -0.39 is 0 Å². The Morgan fingerprint density at radius 1 is 1.14 bits per heavy atom. The molecule has 22 heavy (non-hydrogen) atoms. The van der Waals surface area contributed by atoms with Crippen LogP contribution >= 0.6 is 0 Å². The zero-order valence-corrected chi connectivity index (χ0v) is 12.9. The van der Waals surface area contributed by atoms with E-state index >= 15 is 0 Å². The molecule has 1 atom stereocenters. The Hall–Kier alpha value is -2.36. The molecular formula is C18H21FN2O. The van der Waals surface area contributed by atoms with E-state index in [1.54, 1.807) is 18.2 Å². The smallest absolute Gasteiger partial charge is 0.315 e. The van der Waals surface area contributed by atoms with Crippen molar-refractivity contribution in [3.05, 3.63) is 71.0 Å². The van der Waals surface area contributed by atoms with Crippen molar-refractivity contribution in [1.29, 1.82) is 0 Å². The van der Waals surface area contributed by atoms with E-state index in [0.29, 0.717) is 18.5 Å². The number of carbonyl (C=O) groups excluding carboxylic acids is 1. The Morgan fingerprint density at radius 2 is 1.82 bits per heavy atom. The Kier molecular flexibility index (Phi) is 5.53. The molecule has 0 aliphatic rings. The number of nitrogens with one attached hydrogen (secondary N) is 2. The molecule has 2 amide bonds. The predicted octanol–water partition coefficient (Wildman–Crippen LogP) is 3.74. The summed E-state index contributed by atoms with van der Waals surface area (Å²) < 4.78 is 13.5. The molecule has 116 valence electrons. The van der Waals surface area contributed by atoms with Crippen molar-refractivity contribution >= 4 is 6.03 Å². The van der Waals surface area contributed by atoms with Crippen LogP contribution in [0.5, 0.6) is 0 Å². The van der Waals surface area contributed by atoms with Gasteiger partial charge in [-0.05, 0) is 43.0 Å². The summed E-state index contributed by atoms with van der Waals surface area (Å²) >= 11 is 0. The third-order valence-electron chi connectivity index (χ3n) is 3.64. The number of rotatable bonds is 5. The molecule has 0 unspecified atom stereocenters. The molecule has 0 saturated heterocycles. The van der Waals surface area contributed by atoms with Crippen molar-refractivity contribution in [2.24, 2.45) is 0 Å². The highest BCUT2D eigenvalue weighted by atomic mass is 19.1. The zero-order chi connectivity index (χ0) is 15.9. The standard InChI is InChI=1S/C18H21FN2O/c1-13-7-3-5-9-16(13)14(2)21-18(22)20-12-11-15-8-4-6-10-17(15)19/h3-10,14H,11-12H2,1-2H3,(H2,20,21,22)/t14-/m0/s1. The highest BCUT2D eigenvalue weighted by molar-refractivity contribution is 5.74. The summed E-state index contributed by atoms with van der Waals surface area (Å²) in [5, 5.41) is 5.66. The maximum Gasteiger partial charge on any atom is 0.315 e. The third kappa shape index (κ3) is 4.32. The predicted molar refractivity (Wildman–Crippen MR) is 86.2 cm³/mol. The van der Waals surface area contributed by atoms with Gasteiger partial charge in [-0.15, -0.1) is 0 Å². The van der Waals surface area contributed by atoms with Gasteiger partial charge >= 0.3 is 6.03 Å². The van der Waals surface area contributed by atoms with Gasteiger partial charge in [-0.1, -0.05) is 42.5 Å². The van der Waals surface area contributed by atoms with E-state index in [0.717, 1.165) is 11.1 Å². The summed E-state index contributed by atoms with van der Waals surface area (Å²) in [6.07, 6.45) is 0.471. The highest BCUT2D eigenvalue weighted by Crippen LogP contribution is 2.16. The van der Waals surface area contributed by atoms with E-state index in [2.05, 4.69) is 10.6 Å². The monoisotopic (exact) mass is 300 g/mol. The number of amides is 2. The van der Waals surface area contributed by atoms with E-state index in [1.165, 1.54) is 6.07 Å². The first-order valence-electron chi connectivity index (χ1n) is 7.41. The van der Waals surface area contributed by atoms with Gasteiger partial charge in [0.15, 0.2) is 0 Å². The minimum Gasteiger partial charge on any atom is -0.338 e. The first-order valence-corrected chi connectivity index (χ1v) is 7.41. The van der Waals surface area contributed by atoms with Crippen molar-refractivity contribution in [1.82, 2.24) is 10.6 Å². The molecule has 0 aliphatic carbocycles. The SMILES string of the molecule is Cc1ccccc1[C@H](C)NC(=O)NCCc1ccccc1F. The van der Waals surface area contributed by atoms with Gasteiger partial charge in [-0.3, -0.25) is 0 Å². The van der Waals surface area contributed by atoms with Gasteiger partial charge in [0, 0.05) is 6.54 Å². The van der Waals surface area contributed by atoms with Crippen LogP contribution in [0.1, 0.15) is 29.7 Å². The summed E-state index contributed by atoms with van der Waals surface area (Å²) in [5.74, 6) is -0.238. The van der Waals surface area contributed by atoms with E-state index in [1.807, 2.05) is 38.1 Å². The fourth-order valence-electron chi connectivity index (χ4n) is 2.41. The lowest BCUT2D eigenvalue weighted by Crippen LogP contribution is -2.38. The average Bonchev–Trinajstić information content (AvgIpc) is 2.49. The number of halogens is 1. The van der Waals surface area contributed by atoms with Crippen molar-refractivity contribution in [2.75, 3.05) is 6.54 Å². The summed E-state index contributed by atoms with van der Waals surface area (Å²) in [4.78, 5) is 11.9. The molecule has 0 aliphatic heterocycles. The van der Waals surface area contributed by atoms with E-state index in [-0.39, 0.29) is 17.9 Å². The second kappa shape index (κ2) is 7.59. The van der Waals surface area contributed by atoms with Gasteiger partial charge in [0.2, 0.25) is 0 Å². The minimum absolute atomic E-state index is 0.0744. The number of benzene rings is 2.